The van der Waals surface area contributed by atoms with E-state index in [2.05, 4.69) is 34.1 Å². The summed E-state index contributed by atoms with van der Waals surface area (Å²) in [5.41, 5.74) is 1.27. The van der Waals surface area contributed by atoms with Gasteiger partial charge in [0.1, 0.15) is 0 Å². The third kappa shape index (κ3) is 2.75. The van der Waals surface area contributed by atoms with Crippen molar-refractivity contribution in [2.24, 2.45) is 5.92 Å². The number of carbonyl (C=O) groups excluding carboxylic acids is 1. The largest absolute Gasteiger partial charge is 0.368 e. The minimum Gasteiger partial charge on any atom is -0.368 e. The summed E-state index contributed by atoms with van der Waals surface area (Å²) in [6.45, 7) is 3.68. The normalized spacial score (nSPS) is 20.8. The zero-order chi connectivity index (χ0) is 13.1. The molecule has 19 heavy (non-hydrogen) atoms. The van der Waals surface area contributed by atoms with Gasteiger partial charge in [-0.05, 0) is 25.0 Å². The molecule has 0 aromatic heterocycles. The van der Waals surface area contributed by atoms with Crippen LogP contribution in [0.15, 0.2) is 30.3 Å². The van der Waals surface area contributed by atoms with Crippen LogP contribution in [0.25, 0.3) is 0 Å². The van der Waals surface area contributed by atoms with E-state index in [0.717, 1.165) is 39.0 Å². The zero-order valence-corrected chi connectivity index (χ0v) is 11.4. The van der Waals surface area contributed by atoms with Crippen molar-refractivity contribution in [3.63, 3.8) is 0 Å². The average Bonchev–Trinajstić information content (AvgIpc) is 3.02. The standard InChI is InChI=1S/C16H22N2O/c19-16(14-6-4-5-7-14)18-12-10-17(11-13-18)15-8-2-1-3-9-15/h1-3,8-9,14H,4-7,10-13H2. The highest BCUT2D eigenvalue weighted by atomic mass is 16.2. The SMILES string of the molecule is O=C(C1CCCC1)N1CCN(c2ccccc2)CC1. The third-order valence-electron chi connectivity index (χ3n) is 4.42. The van der Waals surface area contributed by atoms with Gasteiger partial charge in [0.2, 0.25) is 5.91 Å². The maximum Gasteiger partial charge on any atom is 0.225 e. The highest BCUT2D eigenvalue weighted by Crippen LogP contribution is 2.27. The van der Waals surface area contributed by atoms with Gasteiger partial charge in [0.15, 0.2) is 0 Å². The number of carbonyl (C=O) groups is 1. The molecule has 0 atom stereocenters. The molecule has 2 aliphatic rings. The smallest absolute Gasteiger partial charge is 0.225 e. The molecule has 0 N–H and O–H groups in total. The van der Waals surface area contributed by atoms with Gasteiger partial charge in [0.05, 0.1) is 0 Å². The maximum atomic E-state index is 12.4. The molecule has 1 aromatic carbocycles. The van der Waals surface area contributed by atoms with E-state index in [-0.39, 0.29) is 0 Å². The van der Waals surface area contributed by atoms with E-state index in [4.69, 9.17) is 0 Å². The van der Waals surface area contributed by atoms with Crippen LogP contribution in [0.4, 0.5) is 5.69 Å². The van der Waals surface area contributed by atoms with Crippen molar-refractivity contribution in [3.8, 4) is 0 Å². The Morgan fingerprint density at radius 2 is 1.58 bits per heavy atom. The van der Waals surface area contributed by atoms with E-state index < -0.39 is 0 Å². The lowest BCUT2D eigenvalue weighted by Crippen LogP contribution is -2.50. The fraction of sp³-hybridized carbons (Fsp3) is 0.562. The van der Waals surface area contributed by atoms with Crippen LogP contribution >= 0.6 is 0 Å². The summed E-state index contributed by atoms with van der Waals surface area (Å²) in [5, 5.41) is 0. The van der Waals surface area contributed by atoms with Crippen LogP contribution < -0.4 is 4.90 Å². The lowest BCUT2D eigenvalue weighted by Gasteiger charge is -2.37. The Morgan fingerprint density at radius 1 is 0.947 bits per heavy atom. The number of amides is 1. The number of hydrogen-bond donors (Lipinski definition) is 0. The van der Waals surface area contributed by atoms with Crippen LogP contribution in [0, 0.1) is 5.92 Å². The summed E-state index contributed by atoms with van der Waals surface area (Å²) in [5.74, 6) is 0.730. The van der Waals surface area contributed by atoms with Gasteiger partial charge in [-0.1, -0.05) is 31.0 Å². The van der Waals surface area contributed by atoms with E-state index in [1.54, 1.807) is 0 Å². The molecule has 102 valence electrons. The van der Waals surface area contributed by atoms with Gasteiger partial charge in [0.25, 0.3) is 0 Å². The molecule has 0 bridgehead atoms. The first-order valence-electron chi connectivity index (χ1n) is 7.43. The molecule has 2 fully saturated rings. The molecular formula is C16H22N2O. The van der Waals surface area contributed by atoms with Gasteiger partial charge in [-0.15, -0.1) is 0 Å². The van der Waals surface area contributed by atoms with Gasteiger partial charge in [-0.3, -0.25) is 4.79 Å². The van der Waals surface area contributed by atoms with Crippen LogP contribution in [-0.4, -0.2) is 37.0 Å². The first-order chi connectivity index (χ1) is 9.34. The summed E-state index contributed by atoms with van der Waals surface area (Å²) < 4.78 is 0. The lowest BCUT2D eigenvalue weighted by atomic mass is 10.1. The van der Waals surface area contributed by atoms with E-state index in [1.807, 2.05) is 6.07 Å². The van der Waals surface area contributed by atoms with Crippen molar-refractivity contribution in [2.75, 3.05) is 31.1 Å². The van der Waals surface area contributed by atoms with Crippen LogP contribution in [0.1, 0.15) is 25.7 Å². The van der Waals surface area contributed by atoms with Crippen LogP contribution in [0.3, 0.4) is 0 Å². The molecule has 0 spiro atoms. The molecule has 1 saturated heterocycles. The molecule has 0 radical (unpaired) electrons. The van der Waals surface area contributed by atoms with E-state index in [0.29, 0.717) is 11.8 Å². The number of piperazine rings is 1. The monoisotopic (exact) mass is 258 g/mol. The van der Waals surface area contributed by atoms with Gasteiger partial charge in [-0.25, -0.2) is 0 Å². The maximum absolute atomic E-state index is 12.4. The van der Waals surface area contributed by atoms with E-state index in [1.165, 1.54) is 18.5 Å². The van der Waals surface area contributed by atoms with Crippen molar-refractivity contribution in [2.45, 2.75) is 25.7 Å². The Hall–Kier alpha value is -1.51. The highest BCUT2D eigenvalue weighted by molar-refractivity contribution is 5.79. The molecule has 1 aromatic rings. The molecule has 1 amide bonds. The minimum atomic E-state index is 0.322. The second kappa shape index (κ2) is 5.64. The Kier molecular flexibility index (Phi) is 3.72. The summed E-state index contributed by atoms with van der Waals surface area (Å²) >= 11 is 0. The van der Waals surface area contributed by atoms with Gasteiger partial charge in [-0.2, -0.15) is 0 Å². The molecule has 3 heteroatoms. The molecule has 1 aliphatic heterocycles. The van der Waals surface area contributed by atoms with Crippen LogP contribution in [0.2, 0.25) is 0 Å². The molecule has 3 rings (SSSR count). The Morgan fingerprint density at radius 3 is 2.21 bits per heavy atom. The first kappa shape index (κ1) is 12.5. The fourth-order valence-corrected chi connectivity index (χ4v) is 3.25. The predicted octanol–water partition coefficient (Wildman–Crippen LogP) is 2.53. The number of benzene rings is 1. The topological polar surface area (TPSA) is 23.6 Å². The van der Waals surface area contributed by atoms with Crippen molar-refractivity contribution >= 4 is 11.6 Å². The van der Waals surface area contributed by atoms with Crippen molar-refractivity contribution < 1.29 is 4.79 Å². The summed E-state index contributed by atoms with van der Waals surface area (Å²) in [6.07, 6.45) is 4.69. The fourth-order valence-electron chi connectivity index (χ4n) is 3.25. The second-order valence-corrected chi connectivity index (χ2v) is 5.63. The molecule has 1 saturated carbocycles. The van der Waals surface area contributed by atoms with E-state index >= 15 is 0 Å². The number of nitrogens with zero attached hydrogens (tertiary/aromatic N) is 2. The molecular weight excluding hydrogens is 236 g/mol. The van der Waals surface area contributed by atoms with Gasteiger partial charge >= 0.3 is 0 Å². The van der Waals surface area contributed by atoms with Crippen LogP contribution in [-0.2, 0) is 4.79 Å². The average molecular weight is 258 g/mol. The highest BCUT2D eigenvalue weighted by Gasteiger charge is 2.29. The Bertz CT molecular complexity index is 418. The molecule has 0 unspecified atom stereocenters. The van der Waals surface area contributed by atoms with E-state index in [9.17, 15) is 4.79 Å². The third-order valence-corrected chi connectivity index (χ3v) is 4.42. The number of anilines is 1. The summed E-state index contributed by atoms with van der Waals surface area (Å²) in [6, 6.07) is 10.5. The molecule has 1 heterocycles. The van der Waals surface area contributed by atoms with Crippen molar-refractivity contribution in [3.05, 3.63) is 30.3 Å². The van der Waals surface area contributed by atoms with Crippen molar-refractivity contribution in [1.82, 2.24) is 4.90 Å². The van der Waals surface area contributed by atoms with Gasteiger partial charge in [0, 0.05) is 37.8 Å². The quantitative estimate of drug-likeness (QED) is 0.814. The first-order valence-corrected chi connectivity index (χ1v) is 7.43. The minimum absolute atomic E-state index is 0.322. The predicted molar refractivity (Wildman–Crippen MR) is 77.2 cm³/mol. The Balaban J connectivity index is 1.56. The second-order valence-electron chi connectivity index (χ2n) is 5.63. The zero-order valence-electron chi connectivity index (χ0n) is 11.4. The van der Waals surface area contributed by atoms with Gasteiger partial charge < -0.3 is 9.80 Å². The van der Waals surface area contributed by atoms with Crippen LogP contribution in [0.5, 0.6) is 0 Å². The summed E-state index contributed by atoms with van der Waals surface area (Å²) in [7, 11) is 0. The summed E-state index contributed by atoms with van der Waals surface area (Å²) in [4.78, 5) is 16.8. The Labute approximate surface area is 115 Å². The lowest BCUT2D eigenvalue weighted by molar-refractivity contribution is -0.135. The number of hydrogen-bond acceptors (Lipinski definition) is 2. The van der Waals surface area contributed by atoms with Crippen molar-refractivity contribution in [1.29, 1.82) is 0 Å². The number of rotatable bonds is 2. The molecule has 1 aliphatic carbocycles. The molecule has 3 nitrogen and oxygen atoms in total. The number of para-hydroxylation sites is 1.